The second-order valence-corrected chi connectivity index (χ2v) is 3.83. The Balaban J connectivity index is 2.90. The summed E-state index contributed by atoms with van der Waals surface area (Å²) in [4.78, 5) is 11.5. The molecule has 0 aliphatic heterocycles. The van der Waals surface area contributed by atoms with Crippen LogP contribution in [-0.2, 0) is 4.74 Å². The monoisotopic (exact) mass is 192 g/mol. The average Bonchev–Trinajstić information content (AvgIpc) is 2.00. The van der Waals surface area contributed by atoms with Gasteiger partial charge < -0.3 is 4.74 Å². The van der Waals surface area contributed by atoms with Crippen molar-refractivity contribution in [1.29, 1.82) is 0 Å². The molecule has 1 rings (SSSR count). The molecule has 0 amide bonds. The molecule has 0 aromatic heterocycles. The molecule has 76 valence electrons. The Hall–Kier alpha value is -1.31. The van der Waals surface area contributed by atoms with Crippen molar-refractivity contribution in [1.82, 2.24) is 0 Å². The van der Waals surface area contributed by atoms with E-state index in [4.69, 9.17) is 4.74 Å². The summed E-state index contributed by atoms with van der Waals surface area (Å²) in [6.07, 6.45) is -0.0664. The minimum atomic E-state index is -0.244. The van der Waals surface area contributed by atoms with Crippen molar-refractivity contribution in [3.8, 4) is 0 Å². The molecule has 0 saturated heterocycles. The first-order valence-corrected chi connectivity index (χ1v) is 4.78. The van der Waals surface area contributed by atoms with Gasteiger partial charge in [0.05, 0.1) is 11.7 Å². The van der Waals surface area contributed by atoms with Crippen LogP contribution in [0.4, 0.5) is 0 Å². The molecular weight excluding hydrogens is 176 g/mol. The van der Waals surface area contributed by atoms with Gasteiger partial charge in [0.1, 0.15) is 0 Å². The van der Waals surface area contributed by atoms with E-state index in [0.29, 0.717) is 5.56 Å². The van der Waals surface area contributed by atoms with Gasteiger partial charge in [-0.1, -0.05) is 17.2 Å². The van der Waals surface area contributed by atoms with Gasteiger partial charge in [0.2, 0.25) is 0 Å². The third-order valence-electron chi connectivity index (χ3n) is 1.80. The lowest BCUT2D eigenvalue weighted by molar-refractivity contribution is 0.0377. The highest BCUT2D eigenvalue weighted by atomic mass is 16.5. The zero-order chi connectivity index (χ0) is 10.7. The smallest absolute Gasteiger partial charge is 0.338 e. The molecule has 0 spiro atoms. The third kappa shape index (κ3) is 2.87. The van der Waals surface area contributed by atoms with Crippen LogP contribution in [0.1, 0.15) is 35.3 Å². The van der Waals surface area contributed by atoms with Crippen molar-refractivity contribution in [3.63, 3.8) is 0 Å². The number of hydrogen-bond donors (Lipinski definition) is 0. The van der Waals surface area contributed by atoms with Gasteiger partial charge in [0.25, 0.3) is 0 Å². The molecule has 1 aromatic carbocycles. The average molecular weight is 192 g/mol. The van der Waals surface area contributed by atoms with Crippen LogP contribution in [0.3, 0.4) is 0 Å². The van der Waals surface area contributed by atoms with Gasteiger partial charge in [0.15, 0.2) is 0 Å². The van der Waals surface area contributed by atoms with Gasteiger partial charge in [0, 0.05) is 0 Å². The normalized spacial score (nSPS) is 10.4. The number of carbonyl (C=O) groups is 1. The SMILES string of the molecule is Cc1cc(C)cc(C(=O)OC(C)C)c1. The molecule has 0 bridgehead atoms. The zero-order valence-corrected chi connectivity index (χ0v) is 9.13. The topological polar surface area (TPSA) is 26.3 Å². The van der Waals surface area contributed by atoms with Crippen LogP contribution < -0.4 is 0 Å². The van der Waals surface area contributed by atoms with Gasteiger partial charge in [-0.15, -0.1) is 0 Å². The quantitative estimate of drug-likeness (QED) is 0.673. The Morgan fingerprint density at radius 2 is 1.64 bits per heavy atom. The Bertz CT molecular complexity index is 320. The van der Waals surface area contributed by atoms with Crippen LogP contribution in [0.2, 0.25) is 0 Å². The molecule has 0 saturated carbocycles. The number of benzene rings is 1. The number of hydrogen-bond acceptors (Lipinski definition) is 2. The molecule has 0 heterocycles. The molecule has 0 unspecified atom stereocenters. The maximum absolute atomic E-state index is 11.5. The third-order valence-corrected chi connectivity index (χ3v) is 1.80. The lowest BCUT2D eigenvalue weighted by Crippen LogP contribution is -2.11. The van der Waals surface area contributed by atoms with E-state index in [1.165, 1.54) is 0 Å². The molecule has 0 N–H and O–H groups in total. The van der Waals surface area contributed by atoms with E-state index in [0.717, 1.165) is 11.1 Å². The van der Waals surface area contributed by atoms with Crippen molar-refractivity contribution in [2.45, 2.75) is 33.8 Å². The highest BCUT2D eigenvalue weighted by Crippen LogP contribution is 2.10. The maximum atomic E-state index is 11.5. The molecule has 0 aliphatic rings. The van der Waals surface area contributed by atoms with E-state index in [9.17, 15) is 4.79 Å². The largest absolute Gasteiger partial charge is 0.459 e. The van der Waals surface area contributed by atoms with E-state index >= 15 is 0 Å². The van der Waals surface area contributed by atoms with Crippen molar-refractivity contribution in [3.05, 3.63) is 34.9 Å². The van der Waals surface area contributed by atoms with E-state index in [1.54, 1.807) is 0 Å². The first-order valence-electron chi connectivity index (χ1n) is 4.78. The molecular formula is C12H16O2. The molecule has 2 heteroatoms. The Kier molecular flexibility index (Phi) is 3.28. The fraction of sp³-hybridized carbons (Fsp3) is 0.417. The summed E-state index contributed by atoms with van der Waals surface area (Å²) in [5.41, 5.74) is 2.80. The molecule has 2 nitrogen and oxygen atoms in total. The summed E-state index contributed by atoms with van der Waals surface area (Å²) >= 11 is 0. The minimum absolute atomic E-state index is 0.0664. The zero-order valence-electron chi connectivity index (χ0n) is 9.13. The molecule has 0 fully saturated rings. The predicted molar refractivity (Wildman–Crippen MR) is 56.5 cm³/mol. The van der Waals surface area contributed by atoms with Gasteiger partial charge in [-0.25, -0.2) is 4.79 Å². The molecule has 0 aliphatic carbocycles. The lowest BCUT2D eigenvalue weighted by atomic mass is 10.1. The number of aryl methyl sites for hydroxylation is 2. The number of carbonyl (C=O) groups excluding carboxylic acids is 1. The molecule has 0 radical (unpaired) electrons. The van der Waals surface area contributed by atoms with E-state index in [1.807, 2.05) is 45.9 Å². The van der Waals surface area contributed by atoms with Crippen molar-refractivity contribution >= 4 is 5.97 Å². The Morgan fingerprint density at radius 3 is 2.07 bits per heavy atom. The van der Waals surface area contributed by atoms with Crippen LogP contribution in [-0.4, -0.2) is 12.1 Å². The van der Waals surface area contributed by atoms with Crippen LogP contribution in [0, 0.1) is 13.8 Å². The van der Waals surface area contributed by atoms with Gasteiger partial charge >= 0.3 is 5.97 Å². The Labute approximate surface area is 84.9 Å². The molecule has 1 aromatic rings. The number of ether oxygens (including phenoxy) is 1. The Morgan fingerprint density at radius 1 is 1.14 bits per heavy atom. The van der Waals surface area contributed by atoms with E-state index < -0.39 is 0 Å². The van der Waals surface area contributed by atoms with Crippen molar-refractivity contribution < 1.29 is 9.53 Å². The molecule has 0 atom stereocenters. The van der Waals surface area contributed by atoms with Crippen molar-refractivity contribution in [2.75, 3.05) is 0 Å². The van der Waals surface area contributed by atoms with Crippen LogP contribution in [0.15, 0.2) is 18.2 Å². The highest BCUT2D eigenvalue weighted by molar-refractivity contribution is 5.89. The summed E-state index contributed by atoms with van der Waals surface area (Å²) < 4.78 is 5.11. The highest BCUT2D eigenvalue weighted by Gasteiger charge is 2.09. The van der Waals surface area contributed by atoms with Crippen LogP contribution >= 0.6 is 0 Å². The van der Waals surface area contributed by atoms with Crippen LogP contribution in [0.5, 0.6) is 0 Å². The first-order chi connectivity index (χ1) is 6.49. The standard InChI is InChI=1S/C12H16O2/c1-8(2)14-12(13)11-6-9(3)5-10(4)7-11/h5-8H,1-4H3. The summed E-state index contributed by atoms with van der Waals surface area (Å²) in [7, 11) is 0. The van der Waals surface area contributed by atoms with Gasteiger partial charge in [-0.3, -0.25) is 0 Å². The fourth-order valence-corrected chi connectivity index (χ4v) is 1.37. The lowest BCUT2D eigenvalue weighted by Gasteiger charge is -2.08. The molecule has 14 heavy (non-hydrogen) atoms. The fourth-order valence-electron chi connectivity index (χ4n) is 1.37. The van der Waals surface area contributed by atoms with Gasteiger partial charge in [-0.05, 0) is 39.8 Å². The first kappa shape index (κ1) is 10.8. The minimum Gasteiger partial charge on any atom is -0.459 e. The number of esters is 1. The predicted octanol–water partition coefficient (Wildman–Crippen LogP) is 2.87. The van der Waals surface area contributed by atoms with Crippen LogP contribution in [0.25, 0.3) is 0 Å². The van der Waals surface area contributed by atoms with E-state index in [-0.39, 0.29) is 12.1 Å². The van der Waals surface area contributed by atoms with Gasteiger partial charge in [-0.2, -0.15) is 0 Å². The number of rotatable bonds is 2. The summed E-state index contributed by atoms with van der Waals surface area (Å²) in [5, 5.41) is 0. The second-order valence-electron chi connectivity index (χ2n) is 3.83. The second kappa shape index (κ2) is 4.27. The summed E-state index contributed by atoms with van der Waals surface area (Å²) in [6, 6.07) is 5.72. The summed E-state index contributed by atoms with van der Waals surface area (Å²) in [6.45, 7) is 7.64. The maximum Gasteiger partial charge on any atom is 0.338 e. The van der Waals surface area contributed by atoms with Crippen molar-refractivity contribution in [2.24, 2.45) is 0 Å². The summed E-state index contributed by atoms with van der Waals surface area (Å²) in [5.74, 6) is -0.244. The van der Waals surface area contributed by atoms with E-state index in [2.05, 4.69) is 0 Å².